The molecule has 0 saturated heterocycles. The second kappa shape index (κ2) is 7.07. The fraction of sp³-hybridized carbons (Fsp3) is 0.0588. The number of hydrogen-bond donors (Lipinski definition) is 1. The van der Waals surface area contributed by atoms with Crippen LogP contribution in [0.1, 0.15) is 5.56 Å². The summed E-state index contributed by atoms with van der Waals surface area (Å²) < 4.78 is 0. The zero-order valence-corrected chi connectivity index (χ0v) is 12.9. The van der Waals surface area contributed by atoms with Crippen LogP contribution in [0.3, 0.4) is 0 Å². The van der Waals surface area contributed by atoms with Gasteiger partial charge in [0.1, 0.15) is 11.6 Å². The molecular weight excluding hydrogens is 326 g/mol. The first kappa shape index (κ1) is 16.0. The van der Waals surface area contributed by atoms with Crippen LogP contribution in [0.4, 0.5) is 5.82 Å². The maximum absolute atomic E-state index is 9.71. The van der Waals surface area contributed by atoms with Gasteiger partial charge in [0.15, 0.2) is 0 Å². The Morgan fingerprint density at radius 2 is 1.73 bits per heavy atom. The molecule has 2 aromatic carbocycles. The quantitative estimate of drug-likeness (QED) is 0.451. The Morgan fingerprint density at radius 3 is 2.55 bits per heavy atom. The van der Waals surface area contributed by atoms with Gasteiger partial charge in [-0.3, -0.25) is 5.01 Å². The number of aromatic hydroxyl groups is 1. The summed E-state index contributed by atoms with van der Waals surface area (Å²) in [5.74, 6) is 0.960. The van der Waals surface area contributed by atoms with Gasteiger partial charge in [0.2, 0.25) is 0 Å². The van der Waals surface area contributed by atoms with Gasteiger partial charge in [0.25, 0.3) is 0 Å². The number of benzene rings is 2. The molecule has 0 fully saturated rings. The average Bonchev–Trinajstić information content (AvgIpc) is 2.53. The van der Waals surface area contributed by atoms with Crippen molar-refractivity contribution in [2.24, 2.45) is 5.10 Å². The Hall–Kier alpha value is -2.36. The number of anilines is 1. The van der Waals surface area contributed by atoms with Crippen molar-refractivity contribution in [1.82, 2.24) is 4.98 Å². The number of fused-ring (bicyclic) bond motifs is 1. The van der Waals surface area contributed by atoms with Crippen molar-refractivity contribution in [1.29, 1.82) is 0 Å². The Morgan fingerprint density at radius 1 is 1.00 bits per heavy atom. The molecule has 0 unspecified atom stereocenters. The van der Waals surface area contributed by atoms with Gasteiger partial charge in [-0.1, -0.05) is 30.3 Å². The molecule has 22 heavy (non-hydrogen) atoms. The minimum absolute atomic E-state index is 0. The normalized spacial score (nSPS) is 10.6. The van der Waals surface area contributed by atoms with E-state index < -0.39 is 0 Å². The second-order valence-electron chi connectivity index (χ2n) is 4.69. The van der Waals surface area contributed by atoms with Gasteiger partial charge < -0.3 is 5.11 Å². The number of phenolic OH excluding ortho intramolecular Hbond substituents is 1. The van der Waals surface area contributed by atoms with E-state index in [-0.39, 0.29) is 22.8 Å². The molecule has 0 aliphatic rings. The van der Waals surface area contributed by atoms with Crippen LogP contribution in [-0.2, 0) is 17.1 Å². The topological polar surface area (TPSA) is 48.7 Å². The van der Waals surface area contributed by atoms with Crippen molar-refractivity contribution in [3.8, 4) is 5.75 Å². The number of pyridine rings is 1. The van der Waals surface area contributed by atoms with E-state index in [2.05, 4.69) is 10.1 Å². The summed E-state index contributed by atoms with van der Waals surface area (Å²) in [7, 11) is 1.83. The summed E-state index contributed by atoms with van der Waals surface area (Å²) in [4.78, 5) is 4.56. The van der Waals surface area contributed by atoms with Gasteiger partial charge in [-0.15, -0.1) is 0 Å². The van der Waals surface area contributed by atoms with Gasteiger partial charge in [-0.05, 0) is 30.3 Å². The molecule has 0 saturated carbocycles. The van der Waals surface area contributed by atoms with E-state index in [9.17, 15) is 5.11 Å². The van der Waals surface area contributed by atoms with E-state index in [0.29, 0.717) is 5.56 Å². The predicted molar refractivity (Wildman–Crippen MR) is 85.8 cm³/mol. The molecule has 3 rings (SSSR count). The van der Waals surface area contributed by atoms with E-state index in [1.165, 1.54) is 0 Å². The van der Waals surface area contributed by atoms with E-state index in [0.717, 1.165) is 16.7 Å². The summed E-state index contributed by atoms with van der Waals surface area (Å²) in [6.07, 6.45) is 1.62. The van der Waals surface area contributed by atoms with Crippen LogP contribution < -0.4 is 5.01 Å². The van der Waals surface area contributed by atoms with Gasteiger partial charge in [0, 0.05) is 18.0 Å². The zero-order valence-electron chi connectivity index (χ0n) is 11.9. The van der Waals surface area contributed by atoms with Crippen LogP contribution >= 0.6 is 0 Å². The SMILES string of the molecule is CN(/N=C/c1ccccc1O)c1ccc2ccccc2n1.[Cu+2]. The summed E-state index contributed by atoms with van der Waals surface area (Å²) in [6.45, 7) is 0. The molecule has 1 N–H and O–H groups in total. The van der Waals surface area contributed by atoms with Crippen LogP contribution in [0.25, 0.3) is 10.9 Å². The first-order valence-corrected chi connectivity index (χ1v) is 6.65. The molecule has 0 amide bonds. The number of hydrogen-bond acceptors (Lipinski definition) is 4. The van der Waals surface area contributed by atoms with Crippen molar-refractivity contribution < 1.29 is 22.2 Å². The molecule has 0 aliphatic carbocycles. The molecule has 1 heterocycles. The molecule has 0 spiro atoms. The zero-order chi connectivity index (χ0) is 14.7. The number of hydrazone groups is 1. The third-order valence-corrected chi connectivity index (χ3v) is 3.22. The third kappa shape index (κ3) is 3.45. The monoisotopic (exact) mass is 340 g/mol. The van der Waals surface area contributed by atoms with Crippen LogP contribution in [0, 0.1) is 0 Å². The number of rotatable bonds is 3. The van der Waals surface area contributed by atoms with Crippen molar-refractivity contribution in [3.63, 3.8) is 0 Å². The minimum Gasteiger partial charge on any atom is -0.507 e. The average molecular weight is 341 g/mol. The molecule has 1 radical (unpaired) electrons. The number of nitrogens with zero attached hydrogens (tertiary/aromatic N) is 3. The third-order valence-electron chi connectivity index (χ3n) is 3.22. The van der Waals surface area contributed by atoms with E-state index in [4.69, 9.17) is 0 Å². The molecule has 113 valence electrons. The Bertz CT molecular complexity index is 805. The Labute approximate surface area is 139 Å². The van der Waals surface area contributed by atoms with E-state index in [1.54, 1.807) is 29.4 Å². The Balaban J connectivity index is 0.00000176. The van der Waals surface area contributed by atoms with E-state index >= 15 is 0 Å². The number of aromatic nitrogens is 1. The fourth-order valence-electron chi connectivity index (χ4n) is 2.04. The van der Waals surface area contributed by atoms with Crippen LogP contribution in [-0.4, -0.2) is 23.4 Å². The maximum Gasteiger partial charge on any atom is 2.00 e. The van der Waals surface area contributed by atoms with Gasteiger partial charge in [0.05, 0.1) is 11.7 Å². The molecule has 0 bridgehead atoms. The van der Waals surface area contributed by atoms with Crippen molar-refractivity contribution in [2.75, 3.05) is 12.1 Å². The maximum atomic E-state index is 9.71. The predicted octanol–water partition coefficient (Wildman–Crippen LogP) is 3.41. The molecule has 1 aromatic heterocycles. The van der Waals surface area contributed by atoms with Crippen molar-refractivity contribution in [2.45, 2.75) is 0 Å². The van der Waals surface area contributed by atoms with Crippen molar-refractivity contribution in [3.05, 3.63) is 66.2 Å². The first-order chi connectivity index (χ1) is 10.2. The molecule has 0 atom stereocenters. The minimum atomic E-state index is 0. The van der Waals surface area contributed by atoms with E-state index in [1.807, 2.05) is 49.5 Å². The Kier molecular flexibility index (Phi) is 5.15. The largest absolute Gasteiger partial charge is 2.00 e. The summed E-state index contributed by atoms with van der Waals surface area (Å²) in [5.41, 5.74) is 1.60. The summed E-state index contributed by atoms with van der Waals surface area (Å²) >= 11 is 0. The summed E-state index contributed by atoms with van der Waals surface area (Å²) in [6, 6.07) is 19.0. The second-order valence-corrected chi connectivity index (χ2v) is 4.69. The molecular formula is C17H15CuN3O+2. The van der Waals surface area contributed by atoms with Gasteiger partial charge in [-0.2, -0.15) is 5.10 Å². The molecule has 3 aromatic rings. The standard InChI is InChI=1S/C17H15N3O.Cu/c1-20(18-12-14-7-3-5-9-16(14)21)17-11-10-13-6-2-4-8-15(13)19-17;/h2-12,21H,1H3;/q;+2/b18-12+;. The molecule has 5 heteroatoms. The first-order valence-electron chi connectivity index (χ1n) is 6.65. The van der Waals surface area contributed by atoms with Crippen LogP contribution in [0.5, 0.6) is 5.75 Å². The number of para-hydroxylation sites is 2. The van der Waals surface area contributed by atoms with Crippen LogP contribution in [0.2, 0.25) is 0 Å². The number of phenols is 1. The fourth-order valence-corrected chi connectivity index (χ4v) is 2.04. The van der Waals surface area contributed by atoms with Crippen molar-refractivity contribution >= 4 is 22.9 Å². The van der Waals surface area contributed by atoms with Gasteiger partial charge in [-0.25, -0.2) is 4.98 Å². The van der Waals surface area contributed by atoms with Gasteiger partial charge >= 0.3 is 17.1 Å². The molecule has 4 nitrogen and oxygen atoms in total. The molecule has 0 aliphatic heterocycles. The smallest absolute Gasteiger partial charge is 0.507 e. The summed E-state index contributed by atoms with van der Waals surface area (Å²) in [5, 5.41) is 16.8. The van der Waals surface area contributed by atoms with Crippen LogP contribution in [0.15, 0.2) is 65.8 Å².